The molecule has 0 saturated heterocycles. The van der Waals surface area contributed by atoms with E-state index in [-0.39, 0.29) is 33.4 Å². The summed E-state index contributed by atoms with van der Waals surface area (Å²) >= 11 is 0. The van der Waals surface area contributed by atoms with E-state index in [0.717, 1.165) is 18.2 Å². The summed E-state index contributed by atoms with van der Waals surface area (Å²) in [5.74, 6) is -1.39. The molecular formula is C16H11F3N2O2. The van der Waals surface area contributed by atoms with Gasteiger partial charge in [0.05, 0.1) is 16.6 Å². The highest BCUT2D eigenvalue weighted by molar-refractivity contribution is 5.92. The van der Waals surface area contributed by atoms with Gasteiger partial charge < -0.3 is 5.11 Å². The Morgan fingerprint density at radius 2 is 1.83 bits per heavy atom. The molecule has 0 aliphatic carbocycles. The number of rotatable bonds is 3. The van der Waals surface area contributed by atoms with E-state index in [9.17, 15) is 18.0 Å². The van der Waals surface area contributed by atoms with Crippen LogP contribution in [0.4, 0.5) is 13.2 Å². The molecule has 0 amide bonds. The summed E-state index contributed by atoms with van der Waals surface area (Å²) in [7, 11) is 0. The molecule has 1 heterocycles. The molecule has 0 atom stereocenters. The van der Waals surface area contributed by atoms with Crippen molar-refractivity contribution in [3.05, 3.63) is 65.5 Å². The maximum Gasteiger partial charge on any atom is 0.490 e. The number of carbonyl (C=O) groups is 1. The van der Waals surface area contributed by atoms with Crippen LogP contribution in [-0.4, -0.2) is 20.6 Å². The van der Waals surface area contributed by atoms with Crippen LogP contribution in [-0.2, 0) is 12.7 Å². The maximum atomic E-state index is 13.4. The number of nitrogens with zero attached hydrogens (tertiary/aromatic N) is 2. The third kappa shape index (κ3) is 2.90. The van der Waals surface area contributed by atoms with E-state index in [4.69, 9.17) is 5.11 Å². The van der Waals surface area contributed by atoms with E-state index in [2.05, 4.69) is 4.98 Å². The SMILES string of the molecule is O=C(O)c1ccc2c(c1)nc(Cc1ccccc1)n2C(F)(F)F. The topological polar surface area (TPSA) is 55.1 Å². The number of alkyl halides is 3. The molecule has 0 radical (unpaired) electrons. The summed E-state index contributed by atoms with van der Waals surface area (Å²) in [5, 5.41) is 8.96. The summed E-state index contributed by atoms with van der Waals surface area (Å²) in [6.07, 6.45) is -4.64. The highest BCUT2D eigenvalue weighted by Crippen LogP contribution is 2.31. The third-order valence-electron chi connectivity index (χ3n) is 3.43. The predicted molar refractivity (Wildman–Crippen MR) is 77.2 cm³/mol. The van der Waals surface area contributed by atoms with Crippen LogP contribution in [0.5, 0.6) is 0 Å². The molecule has 0 saturated carbocycles. The number of hydrogen-bond acceptors (Lipinski definition) is 2. The number of carboxylic acid groups (broad SMARTS) is 1. The minimum Gasteiger partial charge on any atom is -0.478 e. The lowest BCUT2D eigenvalue weighted by Gasteiger charge is -2.12. The molecule has 3 rings (SSSR count). The van der Waals surface area contributed by atoms with Crippen LogP contribution in [0.3, 0.4) is 0 Å². The number of aromatic carboxylic acids is 1. The van der Waals surface area contributed by atoms with Crippen LogP contribution in [0.15, 0.2) is 48.5 Å². The van der Waals surface area contributed by atoms with Gasteiger partial charge in [0.1, 0.15) is 5.82 Å². The Balaban J connectivity index is 2.17. The van der Waals surface area contributed by atoms with Crippen molar-refractivity contribution in [3.8, 4) is 0 Å². The van der Waals surface area contributed by atoms with Gasteiger partial charge in [0.2, 0.25) is 0 Å². The fourth-order valence-corrected chi connectivity index (χ4v) is 2.44. The van der Waals surface area contributed by atoms with Gasteiger partial charge in [-0.25, -0.2) is 14.3 Å². The van der Waals surface area contributed by atoms with Gasteiger partial charge in [0.25, 0.3) is 0 Å². The van der Waals surface area contributed by atoms with Crippen molar-refractivity contribution in [1.82, 2.24) is 9.55 Å². The minimum absolute atomic E-state index is 0.00254. The molecule has 0 fully saturated rings. The molecule has 3 aromatic rings. The standard InChI is InChI=1S/C16H11F3N2O2/c17-16(18,19)21-13-7-6-11(15(22)23)9-12(13)20-14(21)8-10-4-2-1-3-5-10/h1-7,9H,8H2,(H,22,23). The van der Waals surface area contributed by atoms with Gasteiger partial charge in [-0.1, -0.05) is 30.3 Å². The lowest BCUT2D eigenvalue weighted by atomic mass is 10.1. The maximum absolute atomic E-state index is 13.4. The average molecular weight is 320 g/mol. The Kier molecular flexibility index (Phi) is 3.55. The van der Waals surface area contributed by atoms with E-state index in [0.29, 0.717) is 5.56 Å². The normalized spacial score (nSPS) is 11.8. The molecule has 0 bridgehead atoms. The molecule has 2 aromatic carbocycles. The molecule has 0 unspecified atom stereocenters. The summed E-state index contributed by atoms with van der Waals surface area (Å²) < 4.78 is 40.3. The first-order chi connectivity index (χ1) is 10.9. The summed E-state index contributed by atoms with van der Waals surface area (Å²) in [4.78, 5) is 15.0. The molecule has 0 spiro atoms. The van der Waals surface area contributed by atoms with E-state index < -0.39 is 12.3 Å². The second kappa shape index (κ2) is 5.42. The number of halogens is 3. The number of carboxylic acids is 1. The molecule has 0 aliphatic rings. The first-order valence-electron chi connectivity index (χ1n) is 6.72. The van der Waals surface area contributed by atoms with Crippen LogP contribution in [0.2, 0.25) is 0 Å². The van der Waals surface area contributed by atoms with Gasteiger partial charge in [-0.3, -0.25) is 0 Å². The number of aromatic nitrogens is 2. The zero-order valence-electron chi connectivity index (χ0n) is 11.7. The number of imidazole rings is 1. The Labute approximate surface area is 128 Å². The van der Waals surface area contributed by atoms with Crippen molar-refractivity contribution in [3.63, 3.8) is 0 Å². The Hall–Kier alpha value is -2.83. The fourth-order valence-electron chi connectivity index (χ4n) is 2.44. The van der Waals surface area contributed by atoms with E-state index in [1.54, 1.807) is 30.3 Å². The van der Waals surface area contributed by atoms with Gasteiger partial charge in [0, 0.05) is 6.42 Å². The van der Waals surface area contributed by atoms with Gasteiger partial charge in [-0.2, -0.15) is 0 Å². The minimum atomic E-state index is -4.64. The van der Waals surface area contributed by atoms with Crippen LogP contribution < -0.4 is 0 Å². The van der Waals surface area contributed by atoms with Crippen LogP contribution in [0, 0.1) is 0 Å². The smallest absolute Gasteiger partial charge is 0.478 e. The largest absolute Gasteiger partial charge is 0.490 e. The monoisotopic (exact) mass is 320 g/mol. The van der Waals surface area contributed by atoms with Crippen molar-refractivity contribution in [2.24, 2.45) is 0 Å². The highest BCUT2D eigenvalue weighted by atomic mass is 19.4. The quantitative estimate of drug-likeness (QED) is 0.798. The van der Waals surface area contributed by atoms with Crippen molar-refractivity contribution >= 4 is 17.0 Å². The molecule has 1 N–H and O–H groups in total. The highest BCUT2D eigenvalue weighted by Gasteiger charge is 2.35. The van der Waals surface area contributed by atoms with Crippen molar-refractivity contribution in [2.75, 3.05) is 0 Å². The average Bonchev–Trinajstić information content (AvgIpc) is 2.84. The van der Waals surface area contributed by atoms with E-state index in [1.807, 2.05) is 0 Å². The molecule has 0 aliphatic heterocycles. The third-order valence-corrected chi connectivity index (χ3v) is 3.43. The number of hydrogen-bond donors (Lipinski definition) is 1. The molecule has 1 aromatic heterocycles. The van der Waals surface area contributed by atoms with Gasteiger partial charge >= 0.3 is 12.3 Å². The summed E-state index contributed by atoms with van der Waals surface area (Å²) in [5.41, 5.74) is 0.434. The zero-order chi connectivity index (χ0) is 16.6. The zero-order valence-corrected chi connectivity index (χ0v) is 11.7. The van der Waals surface area contributed by atoms with Gasteiger partial charge in [0.15, 0.2) is 0 Å². The Bertz CT molecular complexity index is 870. The lowest BCUT2D eigenvalue weighted by molar-refractivity contribution is -0.202. The van der Waals surface area contributed by atoms with Gasteiger partial charge in [-0.15, -0.1) is 13.2 Å². The van der Waals surface area contributed by atoms with Crippen LogP contribution >= 0.6 is 0 Å². The second-order valence-corrected chi connectivity index (χ2v) is 5.00. The van der Waals surface area contributed by atoms with Crippen molar-refractivity contribution in [2.45, 2.75) is 12.7 Å². The Morgan fingerprint density at radius 1 is 1.13 bits per heavy atom. The van der Waals surface area contributed by atoms with E-state index in [1.165, 1.54) is 0 Å². The van der Waals surface area contributed by atoms with Crippen LogP contribution in [0.25, 0.3) is 11.0 Å². The summed E-state index contributed by atoms with van der Waals surface area (Å²) in [6.45, 7) is 0. The Morgan fingerprint density at radius 3 is 2.43 bits per heavy atom. The molecule has 23 heavy (non-hydrogen) atoms. The first-order valence-corrected chi connectivity index (χ1v) is 6.72. The molecule has 118 valence electrons. The first kappa shape index (κ1) is 15.1. The van der Waals surface area contributed by atoms with Gasteiger partial charge in [-0.05, 0) is 23.8 Å². The predicted octanol–water partition coefficient (Wildman–Crippen LogP) is 3.80. The molecule has 4 nitrogen and oxygen atoms in total. The van der Waals surface area contributed by atoms with Crippen LogP contribution in [0.1, 0.15) is 21.7 Å². The van der Waals surface area contributed by atoms with Crippen molar-refractivity contribution < 1.29 is 23.1 Å². The molecule has 7 heteroatoms. The van der Waals surface area contributed by atoms with E-state index >= 15 is 0 Å². The number of fused-ring (bicyclic) bond motifs is 1. The molecular weight excluding hydrogens is 309 g/mol. The lowest BCUT2D eigenvalue weighted by Crippen LogP contribution is -2.19. The second-order valence-electron chi connectivity index (χ2n) is 5.00. The summed E-state index contributed by atoms with van der Waals surface area (Å²) in [6, 6.07) is 12.1. The van der Waals surface area contributed by atoms with Crippen molar-refractivity contribution in [1.29, 1.82) is 0 Å². The number of benzene rings is 2. The fraction of sp³-hybridized carbons (Fsp3) is 0.125.